The van der Waals surface area contributed by atoms with Crippen molar-refractivity contribution in [1.82, 2.24) is 10.2 Å². The summed E-state index contributed by atoms with van der Waals surface area (Å²) in [4.78, 5) is 25.7. The third-order valence-electron chi connectivity index (χ3n) is 4.74. The van der Waals surface area contributed by atoms with Gasteiger partial charge in [-0.05, 0) is 25.7 Å². The van der Waals surface area contributed by atoms with E-state index in [1.54, 1.807) is 4.90 Å². The summed E-state index contributed by atoms with van der Waals surface area (Å²) < 4.78 is 0. The minimum atomic E-state index is -0.595. The predicted molar refractivity (Wildman–Crippen MR) is 63.3 cm³/mol. The smallest absolute Gasteiger partial charge is 0.309 e. The number of amides is 3. The van der Waals surface area contributed by atoms with Crippen molar-refractivity contribution in [1.29, 1.82) is 5.26 Å². The zero-order valence-electron chi connectivity index (χ0n) is 10.4. The van der Waals surface area contributed by atoms with E-state index in [0.717, 1.165) is 38.5 Å². The average molecular weight is 247 g/mol. The normalized spacial score (nSPS) is 27.4. The third-order valence-corrected chi connectivity index (χ3v) is 4.74. The first-order chi connectivity index (χ1) is 8.62. The maximum atomic E-state index is 12.0. The van der Waals surface area contributed by atoms with Gasteiger partial charge in [-0.2, -0.15) is 5.26 Å². The van der Waals surface area contributed by atoms with E-state index < -0.39 is 5.54 Å². The zero-order chi connectivity index (χ0) is 12.8. The van der Waals surface area contributed by atoms with Crippen LogP contribution in [0, 0.1) is 16.7 Å². The highest BCUT2D eigenvalue weighted by molar-refractivity contribution is 6.07. The molecule has 0 radical (unpaired) electrons. The molecule has 2 aliphatic carbocycles. The number of imide groups is 1. The van der Waals surface area contributed by atoms with Crippen LogP contribution < -0.4 is 5.32 Å². The first kappa shape index (κ1) is 11.5. The molecule has 1 N–H and O–H groups in total. The van der Waals surface area contributed by atoms with Gasteiger partial charge in [0.05, 0.1) is 6.07 Å². The van der Waals surface area contributed by atoms with E-state index >= 15 is 0 Å². The highest BCUT2D eigenvalue weighted by Crippen LogP contribution is 2.51. The Morgan fingerprint density at radius 1 is 1.22 bits per heavy atom. The summed E-state index contributed by atoms with van der Waals surface area (Å²) in [6.45, 7) is 0.568. The number of nitrogens with one attached hydrogen (secondary N) is 1. The van der Waals surface area contributed by atoms with Gasteiger partial charge in [0.25, 0.3) is 5.91 Å². The topological polar surface area (TPSA) is 73.2 Å². The Morgan fingerprint density at radius 3 is 2.44 bits per heavy atom. The van der Waals surface area contributed by atoms with Crippen LogP contribution in [-0.4, -0.2) is 28.9 Å². The van der Waals surface area contributed by atoms with Crippen molar-refractivity contribution in [3.63, 3.8) is 0 Å². The highest BCUT2D eigenvalue weighted by atomic mass is 16.2. The zero-order valence-corrected chi connectivity index (χ0v) is 10.4. The average Bonchev–Trinajstić information content (AvgIpc) is 2.85. The minimum absolute atomic E-state index is 0.0354. The maximum absolute atomic E-state index is 12.0. The van der Waals surface area contributed by atoms with Crippen LogP contribution in [0.5, 0.6) is 0 Å². The molecule has 5 nitrogen and oxygen atoms in total. The van der Waals surface area contributed by atoms with Crippen LogP contribution in [0.15, 0.2) is 0 Å². The van der Waals surface area contributed by atoms with Gasteiger partial charge in [-0.3, -0.25) is 10.1 Å². The van der Waals surface area contributed by atoms with E-state index in [0.29, 0.717) is 13.0 Å². The summed E-state index contributed by atoms with van der Waals surface area (Å²) in [5, 5.41) is 11.3. The molecule has 1 aliphatic heterocycles. The number of carbonyl (C=O) groups is 2. The highest BCUT2D eigenvalue weighted by Gasteiger charge is 2.57. The fourth-order valence-electron chi connectivity index (χ4n) is 3.35. The number of hydrogen-bond acceptors (Lipinski definition) is 3. The molecule has 18 heavy (non-hydrogen) atoms. The van der Waals surface area contributed by atoms with Gasteiger partial charge in [-0.25, -0.2) is 4.79 Å². The predicted octanol–water partition coefficient (Wildman–Crippen LogP) is 1.54. The Balaban J connectivity index is 1.83. The summed E-state index contributed by atoms with van der Waals surface area (Å²) in [7, 11) is 0. The van der Waals surface area contributed by atoms with Gasteiger partial charge in [-0.15, -0.1) is 0 Å². The van der Waals surface area contributed by atoms with Gasteiger partial charge >= 0.3 is 6.03 Å². The second-order valence-electron chi connectivity index (χ2n) is 5.92. The Labute approximate surface area is 106 Å². The Bertz CT molecular complexity index is 442. The van der Waals surface area contributed by atoms with Crippen molar-refractivity contribution in [2.75, 3.05) is 6.54 Å². The van der Waals surface area contributed by atoms with Gasteiger partial charge in [-0.1, -0.05) is 12.8 Å². The summed E-state index contributed by atoms with van der Waals surface area (Å²) in [6, 6.07) is 1.95. The number of nitriles is 1. The molecular weight excluding hydrogens is 230 g/mol. The Kier molecular flexibility index (Phi) is 2.37. The standard InChI is InChI=1S/C13H17N3O2/c14-8-7-12(5-6-12)9-16-11(18)15-10(17)13(16)3-1-2-4-13/h1-7,9H2,(H,15,17,18). The van der Waals surface area contributed by atoms with Crippen molar-refractivity contribution in [2.45, 2.75) is 50.5 Å². The van der Waals surface area contributed by atoms with E-state index in [1.807, 2.05) is 0 Å². The van der Waals surface area contributed by atoms with E-state index in [4.69, 9.17) is 5.26 Å². The summed E-state index contributed by atoms with van der Waals surface area (Å²) in [6.07, 6.45) is 6.02. The van der Waals surface area contributed by atoms with Crippen LogP contribution in [0.25, 0.3) is 0 Å². The molecule has 0 bridgehead atoms. The van der Waals surface area contributed by atoms with Gasteiger partial charge in [0.1, 0.15) is 5.54 Å². The molecule has 0 aromatic carbocycles. The molecule has 0 unspecified atom stereocenters. The van der Waals surface area contributed by atoms with Crippen LogP contribution in [0.4, 0.5) is 4.79 Å². The van der Waals surface area contributed by atoms with E-state index in [-0.39, 0.29) is 17.4 Å². The maximum Gasteiger partial charge on any atom is 0.325 e. The van der Waals surface area contributed by atoms with Crippen molar-refractivity contribution in [3.8, 4) is 6.07 Å². The summed E-state index contributed by atoms with van der Waals surface area (Å²) in [5.41, 5.74) is -0.631. The molecule has 5 heteroatoms. The SMILES string of the molecule is N#CCC1(CN2C(=O)NC(=O)C23CCCC3)CC1. The summed E-state index contributed by atoms with van der Waals surface area (Å²) >= 11 is 0. The third kappa shape index (κ3) is 1.52. The molecule has 96 valence electrons. The largest absolute Gasteiger partial charge is 0.325 e. The second-order valence-corrected chi connectivity index (χ2v) is 5.92. The van der Waals surface area contributed by atoms with Crippen molar-refractivity contribution < 1.29 is 9.59 Å². The van der Waals surface area contributed by atoms with Crippen LogP contribution >= 0.6 is 0 Å². The van der Waals surface area contributed by atoms with Gasteiger partial charge in [0.2, 0.25) is 0 Å². The molecule has 0 atom stereocenters. The van der Waals surface area contributed by atoms with E-state index in [9.17, 15) is 9.59 Å². The molecule has 3 amide bonds. The number of urea groups is 1. The molecule has 2 saturated carbocycles. The van der Waals surface area contributed by atoms with Crippen LogP contribution in [-0.2, 0) is 4.79 Å². The van der Waals surface area contributed by atoms with Crippen molar-refractivity contribution >= 4 is 11.9 Å². The number of carbonyl (C=O) groups excluding carboxylic acids is 2. The summed E-state index contributed by atoms with van der Waals surface area (Å²) in [5.74, 6) is -0.127. The van der Waals surface area contributed by atoms with Crippen LogP contribution in [0.3, 0.4) is 0 Å². The number of rotatable bonds is 3. The lowest BCUT2D eigenvalue weighted by molar-refractivity contribution is -0.126. The lowest BCUT2D eigenvalue weighted by Crippen LogP contribution is -2.49. The van der Waals surface area contributed by atoms with Gasteiger partial charge < -0.3 is 4.90 Å². The molecule has 1 heterocycles. The van der Waals surface area contributed by atoms with E-state index in [2.05, 4.69) is 11.4 Å². The Hall–Kier alpha value is -1.57. The Morgan fingerprint density at radius 2 is 1.89 bits per heavy atom. The van der Waals surface area contributed by atoms with Crippen LogP contribution in [0.1, 0.15) is 44.9 Å². The van der Waals surface area contributed by atoms with Gasteiger partial charge in [0.15, 0.2) is 0 Å². The second kappa shape index (κ2) is 3.71. The first-order valence-electron chi connectivity index (χ1n) is 6.62. The molecule has 1 spiro atoms. The number of nitrogens with zero attached hydrogens (tertiary/aromatic N) is 2. The molecule has 0 aromatic rings. The molecule has 0 aromatic heterocycles. The fourth-order valence-corrected chi connectivity index (χ4v) is 3.35. The van der Waals surface area contributed by atoms with Gasteiger partial charge in [0, 0.05) is 18.4 Å². The molecule has 1 saturated heterocycles. The monoisotopic (exact) mass is 247 g/mol. The lowest BCUT2D eigenvalue weighted by Gasteiger charge is -2.33. The van der Waals surface area contributed by atoms with Crippen LogP contribution in [0.2, 0.25) is 0 Å². The van der Waals surface area contributed by atoms with Crippen molar-refractivity contribution in [3.05, 3.63) is 0 Å². The molecule has 3 fully saturated rings. The quantitative estimate of drug-likeness (QED) is 0.769. The minimum Gasteiger partial charge on any atom is -0.309 e. The number of hydrogen-bond donors (Lipinski definition) is 1. The molecular formula is C13H17N3O2. The first-order valence-corrected chi connectivity index (χ1v) is 6.62. The van der Waals surface area contributed by atoms with E-state index in [1.165, 1.54) is 0 Å². The molecule has 3 rings (SSSR count). The lowest BCUT2D eigenvalue weighted by atomic mass is 9.93. The fraction of sp³-hybridized carbons (Fsp3) is 0.769. The van der Waals surface area contributed by atoms with Crippen molar-refractivity contribution in [2.24, 2.45) is 5.41 Å². The molecule has 3 aliphatic rings.